The van der Waals surface area contributed by atoms with Gasteiger partial charge in [-0.2, -0.15) is 5.10 Å². The maximum atomic E-state index is 12.9. The Morgan fingerprint density at radius 2 is 1.94 bits per heavy atom. The number of rotatable bonds is 5. The highest BCUT2D eigenvalue weighted by molar-refractivity contribution is 5.78. The molecule has 2 aliphatic heterocycles. The zero-order valence-electron chi connectivity index (χ0n) is 18.1. The van der Waals surface area contributed by atoms with Crippen molar-refractivity contribution in [3.05, 3.63) is 36.4 Å². The largest absolute Gasteiger partial charge is 0.466 e. The highest BCUT2D eigenvalue weighted by Crippen LogP contribution is 2.22. The lowest BCUT2D eigenvalue weighted by molar-refractivity contribution is -0.148. The molecule has 0 aliphatic carbocycles. The molecule has 2 atom stereocenters. The molecule has 10 heteroatoms. The van der Waals surface area contributed by atoms with Crippen LogP contribution < -0.4 is 4.90 Å². The number of hydrogen-bond donors (Lipinski definition) is 0. The number of aryl methyl sites for hydroxylation is 1. The fourth-order valence-corrected chi connectivity index (χ4v) is 4.32. The third-order valence-corrected chi connectivity index (χ3v) is 5.84. The van der Waals surface area contributed by atoms with Gasteiger partial charge in [0.25, 0.3) is 0 Å². The minimum Gasteiger partial charge on any atom is -0.466 e. The van der Waals surface area contributed by atoms with Crippen LogP contribution in [0.2, 0.25) is 0 Å². The van der Waals surface area contributed by atoms with E-state index in [-0.39, 0.29) is 23.8 Å². The maximum Gasteiger partial charge on any atom is 0.312 e. The van der Waals surface area contributed by atoms with E-state index in [2.05, 4.69) is 20.0 Å². The van der Waals surface area contributed by atoms with Crippen LogP contribution in [0.3, 0.4) is 0 Å². The minimum absolute atomic E-state index is 0.0760. The lowest BCUT2D eigenvalue weighted by Crippen LogP contribution is -2.57. The van der Waals surface area contributed by atoms with Crippen molar-refractivity contribution < 1.29 is 14.3 Å². The van der Waals surface area contributed by atoms with Crippen molar-refractivity contribution in [2.75, 3.05) is 50.8 Å². The van der Waals surface area contributed by atoms with E-state index in [1.165, 1.54) is 0 Å². The Bertz CT molecular complexity index is 903. The predicted octanol–water partition coefficient (Wildman–Crippen LogP) is -0.0351. The van der Waals surface area contributed by atoms with Gasteiger partial charge >= 0.3 is 5.97 Å². The summed E-state index contributed by atoms with van der Waals surface area (Å²) >= 11 is 0. The van der Waals surface area contributed by atoms with Gasteiger partial charge in [-0.05, 0) is 19.1 Å². The highest BCUT2D eigenvalue weighted by Gasteiger charge is 2.38. The van der Waals surface area contributed by atoms with E-state index in [4.69, 9.17) is 4.74 Å². The molecule has 0 saturated carbocycles. The van der Waals surface area contributed by atoms with Crippen molar-refractivity contribution in [2.45, 2.75) is 19.4 Å². The molecule has 0 aromatic carbocycles. The quantitative estimate of drug-likeness (QED) is 0.614. The Hall–Kier alpha value is -3.01. The maximum absolute atomic E-state index is 12.9. The Morgan fingerprint density at radius 1 is 1.13 bits per heavy atom. The first kappa shape index (κ1) is 21.2. The van der Waals surface area contributed by atoms with E-state index in [1.54, 1.807) is 23.1 Å². The molecule has 0 bridgehead atoms. The molecule has 4 heterocycles. The van der Waals surface area contributed by atoms with Crippen LogP contribution in [-0.2, 0) is 27.8 Å². The second kappa shape index (κ2) is 9.42. The number of hydrogen-bond acceptors (Lipinski definition) is 8. The fourth-order valence-electron chi connectivity index (χ4n) is 4.32. The zero-order valence-corrected chi connectivity index (χ0v) is 18.1. The second-order valence-electron chi connectivity index (χ2n) is 8.05. The molecule has 10 nitrogen and oxygen atoms in total. The summed E-state index contributed by atoms with van der Waals surface area (Å²) in [4.78, 5) is 40.5. The van der Waals surface area contributed by atoms with Crippen LogP contribution in [0.4, 0.5) is 5.95 Å². The van der Waals surface area contributed by atoms with Gasteiger partial charge in [-0.3, -0.25) is 19.2 Å². The summed E-state index contributed by atoms with van der Waals surface area (Å²) in [7, 11) is 1.85. The molecule has 2 aromatic rings. The smallest absolute Gasteiger partial charge is 0.312 e. The van der Waals surface area contributed by atoms with Crippen molar-refractivity contribution in [1.29, 1.82) is 0 Å². The van der Waals surface area contributed by atoms with Crippen molar-refractivity contribution >= 4 is 17.8 Å². The van der Waals surface area contributed by atoms with E-state index in [0.717, 1.165) is 12.2 Å². The van der Waals surface area contributed by atoms with Gasteiger partial charge < -0.3 is 14.5 Å². The van der Waals surface area contributed by atoms with Crippen molar-refractivity contribution in [1.82, 2.24) is 29.5 Å². The van der Waals surface area contributed by atoms with Crippen LogP contribution in [0.1, 0.15) is 12.6 Å². The molecule has 0 N–H and O–H groups in total. The predicted molar refractivity (Wildman–Crippen MR) is 113 cm³/mol. The number of carbonyl (C=O) groups is 2. The summed E-state index contributed by atoms with van der Waals surface area (Å²) < 4.78 is 7.03. The number of amides is 1. The standard InChI is InChI=1S/C21H29N7O3/c1-3-31-20(30)16-12-26-9-10-27(19(29)11-17-5-8-25(2)24-17)14-18(26)15-28(13-16)21-22-6-4-7-23-21/h4-8,16,18H,3,9-15H2,1-2H3/t16-,18+/m1/s1. The first-order valence-corrected chi connectivity index (χ1v) is 10.7. The first-order chi connectivity index (χ1) is 15.0. The molecule has 2 fully saturated rings. The van der Waals surface area contributed by atoms with E-state index in [9.17, 15) is 9.59 Å². The monoisotopic (exact) mass is 427 g/mol. The third-order valence-electron chi connectivity index (χ3n) is 5.84. The van der Waals surface area contributed by atoms with Crippen LogP contribution in [0.15, 0.2) is 30.7 Å². The van der Waals surface area contributed by atoms with Gasteiger partial charge in [0.1, 0.15) is 0 Å². The molecule has 2 aliphatic rings. The van der Waals surface area contributed by atoms with Gasteiger partial charge in [-0.1, -0.05) is 0 Å². The molecule has 166 valence electrons. The average molecular weight is 428 g/mol. The van der Waals surface area contributed by atoms with Gasteiger partial charge in [0.2, 0.25) is 11.9 Å². The van der Waals surface area contributed by atoms with Gasteiger partial charge in [-0.15, -0.1) is 0 Å². The lowest BCUT2D eigenvalue weighted by atomic mass is 10.1. The van der Waals surface area contributed by atoms with Crippen LogP contribution >= 0.6 is 0 Å². The third kappa shape index (κ3) is 5.01. The number of nitrogens with zero attached hydrogens (tertiary/aromatic N) is 7. The number of anilines is 1. The van der Waals surface area contributed by atoms with Crippen LogP contribution in [0.5, 0.6) is 0 Å². The zero-order chi connectivity index (χ0) is 21.8. The molecule has 31 heavy (non-hydrogen) atoms. The molecular formula is C21H29N7O3. The molecule has 2 aromatic heterocycles. The number of aromatic nitrogens is 4. The van der Waals surface area contributed by atoms with Crippen molar-refractivity contribution in [3.63, 3.8) is 0 Å². The van der Waals surface area contributed by atoms with E-state index in [0.29, 0.717) is 51.7 Å². The summed E-state index contributed by atoms with van der Waals surface area (Å²) in [5.74, 6) is 0.185. The minimum atomic E-state index is -0.287. The van der Waals surface area contributed by atoms with Crippen molar-refractivity contribution in [2.24, 2.45) is 13.0 Å². The summed E-state index contributed by atoms with van der Waals surface area (Å²) in [6.45, 7) is 5.89. The van der Waals surface area contributed by atoms with Crippen molar-refractivity contribution in [3.8, 4) is 0 Å². The summed E-state index contributed by atoms with van der Waals surface area (Å²) in [5, 5.41) is 4.32. The Balaban J connectivity index is 1.49. The molecular weight excluding hydrogens is 398 g/mol. The number of esters is 1. The molecule has 1 amide bonds. The molecule has 4 rings (SSSR count). The van der Waals surface area contributed by atoms with Crippen LogP contribution in [-0.4, -0.2) is 93.3 Å². The van der Waals surface area contributed by atoms with E-state index >= 15 is 0 Å². The van der Waals surface area contributed by atoms with Gasteiger partial charge in [-0.25, -0.2) is 9.97 Å². The first-order valence-electron chi connectivity index (χ1n) is 10.7. The van der Waals surface area contributed by atoms with E-state index in [1.807, 2.05) is 36.0 Å². The normalized spacial score (nSPS) is 22.0. The summed E-state index contributed by atoms with van der Waals surface area (Å²) in [5.41, 5.74) is 0.775. The Kier molecular flexibility index (Phi) is 6.45. The van der Waals surface area contributed by atoms with Gasteiger partial charge in [0.15, 0.2) is 0 Å². The van der Waals surface area contributed by atoms with Gasteiger partial charge in [0, 0.05) is 70.9 Å². The number of carbonyl (C=O) groups excluding carboxylic acids is 2. The van der Waals surface area contributed by atoms with Crippen LogP contribution in [0, 0.1) is 5.92 Å². The SMILES string of the molecule is CCOC(=O)[C@H]1CN(c2ncccn2)C[C@@H]2CN(C(=O)Cc3ccn(C)n3)CCN2C1. The molecule has 0 spiro atoms. The fraction of sp³-hybridized carbons (Fsp3) is 0.571. The van der Waals surface area contributed by atoms with Crippen LogP contribution in [0.25, 0.3) is 0 Å². The molecule has 0 unspecified atom stereocenters. The van der Waals surface area contributed by atoms with E-state index < -0.39 is 0 Å². The summed E-state index contributed by atoms with van der Waals surface area (Å²) in [6.07, 6.45) is 5.55. The topological polar surface area (TPSA) is 96.7 Å². The molecule has 0 radical (unpaired) electrons. The number of ether oxygens (including phenoxy) is 1. The Labute approximate surface area is 181 Å². The average Bonchev–Trinajstić information content (AvgIpc) is 3.07. The van der Waals surface area contributed by atoms with Gasteiger partial charge in [0.05, 0.1) is 24.6 Å². The Morgan fingerprint density at radius 3 is 2.65 bits per heavy atom. The molecule has 2 saturated heterocycles. The second-order valence-corrected chi connectivity index (χ2v) is 8.05. The number of fused-ring (bicyclic) bond motifs is 1. The number of piperazine rings is 1. The summed E-state index contributed by atoms with van der Waals surface area (Å²) in [6, 6.07) is 3.73. The highest BCUT2D eigenvalue weighted by atomic mass is 16.5. The lowest BCUT2D eigenvalue weighted by Gasteiger charge is -2.41.